The third-order valence-corrected chi connectivity index (χ3v) is 5.86. The van der Waals surface area contributed by atoms with Crippen molar-refractivity contribution < 1.29 is 0 Å². The molecule has 9 heteroatoms. The topological polar surface area (TPSA) is 63.6 Å². The summed E-state index contributed by atoms with van der Waals surface area (Å²) in [5.74, 6) is 0. The highest BCUT2D eigenvalue weighted by Gasteiger charge is 2.11. The van der Waals surface area contributed by atoms with E-state index in [-0.39, 0.29) is 0 Å². The van der Waals surface area contributed by atoms with Gasteiger partial charge in [-0.15, -0.1) is 21.5 Å². The van der Waals surface area contributed by atoms with Crippen LogP contribution < -0.4 is 5.32 Å². The molecule has 0 amide bonds. The fourth-order valence-electron chi connectivity index (χ4n) is 1.92. The molecule has 0 saturated carbocycles. The van der Waals surface area contributed by atoms with Crippen molar-refractivity contribution >= 4 is 67.1 Å². The number of thiophene rings is 1. The van der Waals surface area contributed by atoms with Gasteiger partial charge < -0.3 is 5.32 Å². The van der Waals surface area contributed by atoms with Crippen LogP contribution in [0.15, 0.2) is 51.4 Å². The van der Waals surface area contributed by atoms with Crippen molar-refractivity contribution in [2.24, 2.45) is 0 Å². The third-order valence-electron chi connectivity index (χ3n) is 2.89. The molecule has 3 aromatic heterocycles. The Morgan fingerprint density at radius 3 is 3.00 bits per heavy atom. The fourth-order valence-corrected chi connectivity index (χ4v) is 4.67. The molecule has 0 aliphatic carbocycles. The molecular weight excluding hydrogens is 370 g/mol. The standard InChI is InChI=1S/C14H8ClN5S3/c15-8-2-1-3-9(6-8)18-13-19-20-14(23-13)22-12-10-4-5-21-11(10)16-7-17-12/h1-7H,(H,18,19). The molecule has 1 aromatic carbocycles. The van der Waals surface area contributed by atoms with E-state index in [2.05, 4.69) is 25.5 Å². The number of rotatable bonds is 4. The van der Waals surface area contributed by atoms with E-state index < -0.39 is 0 Å². The minimum Gasteiger partial charge on any atom is -0.330 e. The summed E-state index contributed by atoms with van der Waals surface area (Å²) in [4.78, 5) is 9.56. The number of nitrogens with one attached hydrogen (secondary N) is 1. The van der Waals surface area contributed by atoms with Crippen molar-refractivity contribution in [3.63, 3.8) is 0 Å². The number of hydrogen-bond acceptors (Lipinski definition) is 8. The smallest absolute Gasteiger partial charge is 0.210 e. The van der Waals surface area contributed by atoms with Gasteiger partial charge in [-0.1, -0.05) is 29.0 Å². The Balaban J connectivity index is 1.55. The van der Waals surface area contributed by atoms with Crippen LogP contribution in [-0.2, 0) is 0 Å². The van der Waals surface area contributed by atoms with Crippen LogP contribution in [0.3, 0.4) is 0 Å². The molecule has 0 spiro atoms. The number of nitrogens with zero attached hydrogens (tertiary/aromatic N) is 4. The van der Waals surface area contributed by atoms with E-state index in [0.29, 0.717) is 10.2 Å². The second-order valence-electron chi connectivity index (χ2n) is 4.43. The average Bonchev–Trinajstić information content (AvgIpc) is 3.17. The van der Waals surface area contributed by atoms with Crippen molar-refractivity contribution in [2.45, 2.75) is 9.37 Å². The first-order chi connectivity index (χ1) is 11.3. The minimum absolute atomic E-state index is 0.676. The molecule has 0 fully saturated rings. The van der Waals surface area contributed by atoms with E-state index in [9.17, 15) is 0 Å². The van der Waals surface area contributed by atoms with Gasteiger partial charge in [0.1, 0.15) is 16.2 Å². The highest BCUT2D eigenvalue weighted by Crippen LogP contribution is 2.36. The Labute approximate surface area is 148 Å². The number of aromatic nitrogens is 4. The number of anilines is 2. The van der Waals surface area contributed by atoms with Gasteiger partial charge in [-0.3, -0.25) is 0 Å². The second kappa shape index (κ2) is 6.40. The zero-order chi connectivity index (χ0) is 15.6. The van der Waals surface area contributed by atoms with Crippen LogP contribution in [0.1, 0.15) is 0 Å². The van der Waals surface area contributed by atoms with E-state index in [1.165, 1.54) is 23.1 Å². The van der Waals surface area contributed by atoms with E-state index in [0.717, 1.165) is 25.3 Å². The summed E-state index contributed by atoms with van der Waals surface area (Å²) in [6, 6.07) is 9.51. The Kier molecular flexibility index (Phi) is 4.13. The zero-order valence-electron chi connectivity index (χ0n) is 11.4. The zero-order valence-corrected chi connectivity index (χ0v) is 14.6. The van der Waals surface area contributed by atoms with E-state index >= 15 is 0 Å². The van der Waals surface area contributed by atoms with Crippen molar-refractivity contribution in [1.82, 2.24) is 20.2 Å². The van der Waals surface area contributed by atoms with Crippen molar-refractivity contribution in [1.29, 1.82) is 0 Å². The second-order valence-corrected chi connectivity index (χ2v) is 7.97. The molecule has 23 heavy (non-hydrogen) atoms. The quantitative estimate of drug-likeness (QED) is 0.499. The van der Waals surface area contributed by atoms with E-state index in [1.807, 2.05) is 35.7 Å². The molecular formula is C14H8ClN5S3. The molecule has 0 aliphatic heterocycles. The monoisotopic (exact) mass is 377 g/mol. The number of benzene rings is 1. The van der Waals surface area contributed by atoms with Gasteiger partial charge in [0.2, 0.25) is 5.13 Å². The maximum atomic E-state index is 5.98. The van der Waals surface area contributed by atoms with Gasteiger partial charge in [0, 0.05) is 16.1 Å². The first kappa shape index (κ1) is 14.8. The van der Waals surface area contributed by atoms with Crippen LogP contribution in [0.2, 0.25) is 5.02 Å². The summed E-state index contributed by atoms with van der Waals surface area (Å²) in [5.41, 5.74) is 0.882. The minimum atomic E-state index is 0.676. The average molecular weight is 378 g/mol. The summed E-state index contributed by atoms with van der Waals surface area (Å²) in [6.45, 7) is 0. The maximum absolute atomic E-state index is 5.98. The van der Waals surface area contributed by atoms with Gasteiger partial charge in [0.25, 0.3) is 0 Å². The summed E-state index contributed by atoms with van der Waals surface area (Å²) in [7, 11) is 0. The van der Waals surface area contributed by atoms with Crippen molar-refractivity contribution in [2.75, 3.05) is 5.32 Å². The number of halogens is 1. The number of hydrogen-bond donors (Lipinski definition) is 1. The lowest BCUT2D eigenvalue weighted by Crippen LogP contribution is -1.88. The molecule has 114 valence electrons. The van der Waals surface area contributed by atoms with Gasteiger partial charge in [-0.2, -0.15) is 0 Å². The summed E-state index contributed by atoms with van der Waals surface area (Å²) in [6.07, 6.45) is 1.58. The molecule has 0 aliphatic rings. The summed E-state index contributed by atoms with van der Waals surface area (Å²) >= 11 is 10.5. The Morgan fingerprint density at radius 2 is 2.09 bits per heavy atom. The third kappa shape index (κ3) is 3.30. The molecule has 4 aromatic rings. The van der Waals surface area contributed by atoms with Gasteiger partial charge in [0.15, 0.2) is 4.34 Å². The summed E-state index contributed by atoms with van der Waals surface area (Å²) < 4.78 is 0.820. The van der Waals surface area contributed by atoms with Crippen molar-refractivity contribution in [3.05, 3.63) is 47.1 Å². The van der Waals surface area contributed by atoms with Crippen LogP contribution in [-0.4, -0.2) is 20.2 Å². The molecule has 0 atom stereocenters. The largest absolute Gasteiger partial charge is 0.330 e. The normalized spacial score (nSPS) is 11.0. The molecule has 0 bridgehead atoms. The molecule has 0 unspecified atom stereocenters. The van der Waals surface area contributed by atoms with Crippen LogP contribution >= 0.6 is 46.0 Å². The Bertz CT molecular complexity index is 968. The summed E-state index contributed by atoms with van der Waals surface area (Å²) in [5, 5.41) is 16.9. The predicted octanol–water partition coefficient (Wildman–Crippen LogP) is 5.09. The molecule has 3 heterocycles. The van der Waals surface area contributed by atoms with Gasteiger partial charge in [-0.25, -0.2) is 9.97 Å². The van der Waals surface area contributed by atoms with Crippen LogP contribution in [0.4, 0.5) is 10.8 Å². The van der Waals surface area contributed by atoms with Crippen LogP contribution in [0, 0.1) is 0 Å². The molecule has 5 nitrogen and oxygen atoms in total. The first-order valence-electron chi connectivity index (χ1n) is 6.50. The van der Waals surface area contributed by atoms with Gasteiger partial charge in [-0.05, 0) is 41.4 Å². The number of fused-ring (bicyclic) bond motifs is 1. The lowest BCUT2D eigenvalue weighted by atomic mass is 10.3. The van der Waals surface area contributed by atoms with Gasteiger partial charge in [0.05, 0.1) is 0 Å². The SMILES string of the molecule is Clc1cccc(Nc2nnc(Sc3ncnc4sccc34)s2)c1. The van der Waals surface area contributed by atoms with Crippen molar-refractivity contribution in [3.8, 4) is 0 Å². The Hall–Kier alpha value is -1.74. The lowest BCUT2D eigenvalue weighted by Gasteiger charge is -2.01. The molecule has 0 saturated heterocycles. The molecule has 4 rings (SSSR count). The predicted molar refractivity (Wildman–Crippen MR) is 96.2 cm³/mol. The van der Waals surface area contributed by atoms with Crippen LogP contribution in [0.5, 0.6) is 0 Å². The highest BCUT2D eigenvalue weighted by molar-refractivity contribution is 8.01. The van der Waals surface area contributed by atoms with Crippen LogP contribution in [0.25, 0.3) is 10.2 Å². The maximum Gasteiger partial charge on any atom is 0.210 e. The molecule has 1 N–H and O–H groups in total. The Morgan fingerprint density at radius 1 is 1.13 bits per heavy atom. The fraction of sp³-hybridized carbons (Fsp3) is 0. The highest BCUT2D eigenvalue weighted by atomic mass is 35.5. The first-order valence-corrected chi connectivity index (χ1v) is 9.39. The van der Waals surface area contributed by atoms with Gasteiger partial charge >= 0.3 is 0 Å². The van der Waals surface area contributed by atoms with E-state index in [4.69, 9.17) is 11.6 Å². The lowest BCUT2D eigenvalue weighted by molar-refractivity contribution is 1.01. The van der Waals surface area contributed by atoms with E-state index in [1.54, 1.807) is 17.7 Å². The molecule has 0 radical (unpaired) electrons.